The van der Waals surface area contributed by atoms with Crippen LogP contribution in [0, 0.1) is 0 Å². The summed E-state index contributed by atoms with van der Waals surface area (Å²) in [6, 6.07) is 7.11. The fourth-order valence-electron chi connectivity index (χ4n) is 3.31. The predicted octanol–water partition coefficient (Wildman–Crippen LogP) is 3.17. The van der Waals surface area contributed by atoms with Gasteiger partial charge in [0.1, 0.15) is 17.2 Å². The third-order valence-electron chi connectivity index (χ3n) is 4.57. The molecule has 0 unspecified atom stereocenters. The highest BCUT2D eigenvalue weighted by atomic mass is 16.5. The number of methoxy groups -OCH3 is 5. The smallest absolute Gasteiger partial charge is 0.312 e. The molecule has 0 saturated heterocycles. The molecule has 2 aromatic rings. The van der Waals surface area contributed by atoms with E-state index in [1.165, 1.54) is 0 Å². The van der Waals surface area contributed by atoms with E-state index in [0.29, 0.717) is 34.5 Å². The summed E-state index contributed by atoms with van der Waals surface area (Å²) in [5.74, 6) is 2.43. The highest BCUT2D eigenvalue weighted by Crippen LogP contribution is 2.49. The highest BCUT2D eigenvalue weighted by molar-refractivity contribution is 5.79. The molecule has 2 aromatic carbocycles. The largest absolute Gasteiger partial charge is 0.496 e. The molecule has 1 atom stereocenters. The van der Waals surface area contributed by atoms with Crippen LogP contribution in [0.4, 0.5) is 0 Å². The molecule has 1 heterocycles. The van der Waals surface area contributed by atoms with Crippen molar-refractivity contribution in [1.82, 2.24) is 0 Å². The van der Waals surface area contributed by atoms with E-state index in [9.17, 15) is 4.79 Å². The molecule has 3 rings (SSSR count). The first-order valence-corrected chi connectivity index (χ1v) is 8.32. The minimum absolute atomic E-state index is 0.161. The van der Waals surface area contributed by atoms with Crippen LogP contribution in [-0.4, -0.2) is 41.5 Å². The first kappa shape index (κ1) is 18.7. The predicted molar refractivity (Wildman–Crippen MR) is 97.7 cm³/mol. The Morgan fingerprint density at radius 1 is 0.815 bits per heavy atom. The van der Waals surface area contributed by atoms with Gasteiger partial charge >= 0.3 is 5.97 Å². The topological polar surface area (TPSA) is 72.5 Å². The van der Waals surface area contributed by atoms with Crippen molar-refractivity contribution in [3.8, 4) is 34.5 Å². The number of carbonyl (C=O) groups is 1. The molecule has 0 amide bonds. The number of esters is 1. The Morgan fingerprint density at radius 2 is 1.44 bits per heavy atom. The summed E-state index contributed by atoms with van der Waals surface area (Å²) < 4.78 is 32.5. The Hall–Kier alpha value is -3.09. The van der Waals surface area contributed by atoms with E-state index >= 15 is 0 Å². The second kappa shape index (κ2) is 7.65. The zero-order valence-corrected chi connectivity index (χ0v) is 16.0. The van der Waals surface area contributed by atoms with Crippen LogP contribution in [-0.2, 0) is 4.79 Å². The molecule has 7 nitrogen and oxygen atoms in total. The summed E-state index contributed by atoms with van der Waals surface area (Å²) >= 11 is 0. The summed E-state index contributed by atoms with van der Waals surface area (Å²) in [5.41, 5.74) is 1.60. The maximum Gasteiger partial charge on any atom is 0.312 e. The molecule has 1 aliphatic rings. The van der Waals surface area contributed by atoms with Gasteiger partial charge < -0.3 is 28.4 Å². The monoisotopic (exact) mass is 374 g/mol. The van der Waals surface area contributed by atoms with Gasteiger partial charge in [-0.05, 0) is 17.7 Å². The Morgan fingerprint density at radius 3 is 1.96 bits per heavy atom. The minimum Gasteiger partial charge on any atom is -0.496 e. The Kier molecular flexibility index (Phi) is 5.30. The van der Waals surface area contributed by atoms with Crippen molar-refractivity contribution >= 4 is 5.97 Å². The van der Waals surface area contributed by atoms with Gasteiger partial charge in [-0.25, -0.2) is 0 Å². The van der Waals surface area contributed by atoms with Gasteiger partial charge in [-0.3, -0.25) is 4.79 Å². The zero-order valence-electron chi connectivity index (χ0n) is 16.0. The summed E-state index contributed by atoms with van der Waals surface area (Å²) in [4.78, 5) is 12.2. The Labute approximate surface area is 157 Å². The molecule has 0 spiro atoms. The van der Waals surface area contributed by atoms with Crippen LogP contribution < -0.4 is 28.4 Å². The lowest BCUT2D eigenvalue weighted by molar-refractivity contribution is -0.135. The molecule has 0 radical (unpaired) electrons. The second-order valence-corrected chi connectivity index (χ2v) is 5.93. The van der Waals surface area contributed by atoms with Crippen LogP contribution in [0.15, 0.2) is 24.3 Å². The molecule has 1 aliphatic heterocycles. The van der Waals surface area contributed by atoms with Gasteiger partial charge in [0.25, 0.3) is 0 Å². The normalized spacial score (nSPS) is 15.4. The van der Waals surface area contributed by atoms with Gasteiger partial charge in [0.15, 0.2) is 11.5 Å². The molecule has 0 N–H and O–H groups in total. The average Bonchev–Trinajstić information content (AvgIpc) is 2.70. The van der Waals surface area contributed by atoms with Gasteiger partial charge in [-0.2, -0.15) is 0 Å². The SMILES string of the molecule is COc1cc(OC)c2c(c1)OC(=O)C[C@@H]2c1cc(OC)c(OC)c(OC)c1. The quantitative estimate of drug-likeness (QED) is 0.568. The third-order valence-corrected chi connectivity index (χ3v) is 4.57. The lowest BCUT2D eigenvalue weighted by Crippen LogP contribution is -2.22. The molecule has 27 heavy (non-hydrogen) atoms. The van der Waals surface area contributed by atoms with Gasteiger partial charge in [-0.1, -0.05) is 0 Å². The molecular weight excluding hydrogens is 352 g/mol. The lowest BCUT2D eigenvalue weighted by Gasteiger charge is -2.28. The molecule has 0 bridgehead atoms. The summed E-state index contributed by atoms with van der Waals surface area (Å²) in [6.07, 6.45) is 0.161. The first-order chi connectivity index (χ1) is 13.1. The molecule has 0 aromatic heterocycles. The van der Waals surface area contributed by atoms with Gasteiger partial charge in [0.05, 0.1) is 42.0 Å². The van der Waals surface area contributed by atoms with Crippen molar-refractivity contribution in [2.24, 2.45) is 0 Å². The number of hydrogen-bond donors (Lipinski definition) is 0. The van der Waals surface area contributed by atoms with E-state index in [1.807, 2.05) is 12.1 Å². The van der Waals surface area contributed by atoms with Gasteiger partial charge in [0, 0.05) is 23.6 Å². The van der Waals surface area contributed by atoms with Crippen LogP contribution in [0.2, 0.25) is 0 Å². The number of hydrogen-bond acceptors (Lipinski definition) is 7. The van der Waals surface area contributed by atoms with Crippen molar-refractivity contribution in [2.75, 3.05) is 35.5 Å². The zero-order chi connectivity index (χ0) is 19.6. The van der Waals surface area contributed by atoms with Crippen LogP contribution in [0.1, 0.15) is 23.5 Å². The summed E-state index contributed by atoms with van der Waals surface area (Å²) in [6.45, 7) is 0. The Balaban J connectivity index is 2.21. The van der Waals surface area contributed by atoms with Crippen molar-refractivity contribution in [3.63, 3.8) is 0 Å². The maximum absolute atomic E-state index is 12.2. The molecule has 144 valence electrons. The maximum atomic E-state index is 12.2. The number of ether oxygens (including phenoxy) is 6. The average molecular weight is 374 g/mol. The van der Waals surface area contributed by atoms with E-state index in [2.05, 4.69) is 0 Å². The van der Waals surface area contributed by atoms with E-state index in [4.69, 9.17) is 28.4 Å². The van der Waals surface area contributed by atoms with Gasteiger partial charge in [-0.15, -0.1) is 0 Å². The molecule has 0 aliphatic carbocycles. The number of fused-ring (bicyclic) bond motifs is 1. The van der Waals surface area contributed by atoms with Crippen molar-refractivity contribution < 1.29 is 33.2 Å². The third kappa shape index (κ3) is 3.32. The molecule has 0 saturated carbocycles. The van der Waals surface area contributed by atoms with Crippen LogP contribution in [0.3, 0.4) is 0 Å². The standard InChI is InChI=1S/C20H22O7/c1-22-12-8-14(23-2)19-13(10-18(21)27-15(19)9-12)11-6-16(24-3)20(26-5)17(7-11)25-4/h6-9,13H,10H2,1-5H3/t13-/m1/s1. The number of benzene rings is 2. The van der Waals surface area contributed by atoms with Gasteiger partial charge in [0.2, 0.25) is 5.75 Å². The van der Waals surface area contributed by atoms with E-state index < -0.39 is 0 Å². The van der Waals surface area contributed by atoms with Crippen molar-refractivity contribution in [1.29, 1.82) is 0 Å². The molecular formula is C20H22O7. The van der Waals surface area contributed by atoms with E-state index in [0.717, 1.165) is 11.1 Å². The minimum atomic E-state index is -0.337. The fraction of sp³-hybridized carbons (Fsp3) is 0.350. The Bertz CT molecular complexity index is 835. The second-order valence-electron chi connectivity index (χ2n) is 5.93. The highest BCUT2D eigenvalue weighted by Gasteiger charge is 2.33. The molecule has 7 heteroatoms. The van der Waals surface area contributed by atoms with Crippen molar-refractivity contribution in [2.45, 2.75) is 12.3 Å². The molecule has 0 fully saturated rings. The number of rotatable bonds is 6. The fourth-order valence-corrected chi connectivity index (χ4v) is 3.31. The number of carbonyl (C=O) groups excluding carboxylic acids is 1. The van der Waals surface area contributed by atoms with Crippen LogP contribution in [0.5, 0.6) is 34.5 Å². The lowest BCUT2D eigenvalue weighted by atomic mass is 9.85. The first-order valence-electron chi connectivity index (χ1n) is 8.32. The van der Waals surface area contributed by atoms with E-state index in [-0.39, 0.29) is 18.3 Å². The summed E-state index contributed by atoms with van der Waals surface area (Å²) in [7, 11) is 7.76. The van der Waals surface area contributed by atoms with Crippen molar-refractivity contribution in [3.05, 3.63) is 35.4 Å². The van der Waals surface area contributed by atoms with Crippen LogP contribution in [0.25, 0.3) is 0 Å². The summed E-state index contributed by atoms with van der Waals surface area (Å²) in [5, 5.41) is 0. The van der Waals surface area contributed by atoms with E-state index in [1.54, 1.807) is 47.7 Å². The van der Waals surface area contributed by atoms with Crippen LogP contribution >= 0.6 is 0 Å².